The molecule has 3 aromatic rings. The van der Waals surface area contributed by atoms with E-state index in [1.807, 2.05) is 18.2 Å². The molecule has 0 saturated heterocycles. The highest BCUT2D eigenvalue weighted by Crippen LogP contribution is 2.32. The molecule has 0 bridgehead atoms. The van der Waals surface area contributed by atoms with Gasteiger partial charge in [-0.3, -0.25) is 0 Å². The molecule has 1 aromatic heterocycles. The molecule has 0 aliphatic rings. The zero-order valence-electron chi connectivity index (χ0n) is 11.3. The van der Waals surface area contributed by atoms with E-state index in [-0.39, 0.29) is 0 Å². The molecule has 3 rings (SSSR count). The maximum Gasteiger partial charge on any atom is 0.0493 e. The lowest BCUT2D eigenvalue weighted by molar-refractivity contribution is 0.629. The van der Waals surface area contributed by atoms with Crippen molar-refractivity contribution < 1.29 is 0 Å². The molecule has 2 nitrogen and oxygen atoms in total. The minimum absolute atomic E-state index is 0.413. The van der Waals surface area contributed by atoms with Gasteiger partial charge in [0.05, 0.1) is 0 Å². The standard InChI is InChI=1S/C17H18N2/c1-12(2)19-16-9-8-15(18)10-14(16)11-17(19)13-6-4-3-5-7-13/h3-12H,18H2,1-2H3. The van der Waals surface area contributed by atoms with Crippen LogP contribution in [-0.4, -0.2) is 4.57 Å². The molecule has 0 aliphatic heterocycles. The van der Waals surface area contributed by atoms with Crippen molar-refractivity contribution in [2.24, 2.45) is 0 Å². The summed E-state index contributed by atoms with van der Waals surface area (Å²) in [6.07, 6.45) is 0. The minimum atomic E-state index is 0.413. The van der Waals surface area contributed by atoms with Gasteiger partial charge in [0, 0.05) is 28.3 Å². The fourth-order valence-corrected chi connectivity index (χ4v) is 2.64. The summed E-state index contributed by atoms with van der Waals surface area (Å²) in [5.74, 6) is 0. The Balaban J connectivity index is 2.32. The van der Waals surface area contributed by atoms with Crippen LogP contribution in [0.5, 0.6) is 0 Å². The van der Waals surface area contributed by atoms with Gasteiger partial charge in [0.25, 0.3) is 0 Å². The van der Waals surface area contributed by atoms with Crippen molar-refractivity contribution in [2.45, 2.75) is 19.9 Å². The van der Waals surface area contributed by atoms with Crippen LogP contribution in [0.2, 0.25) is 0 Å². The highest BCUT2D eigenvalue weighted by molar-refractivity contribution is 5.89. The SMILES string of the molecule is CC(C)n1c(-c2ccccc2)cc2cc(N)ccc21. The Morgan fingerprint density at radius 2 is 1.68 bits per heavy atom. The van der Waals surface area contributed by atoms with Crippen LogP contribution >= 0.6 is 0 Å². The Bertz CT molecular complexity index is 709. The van der Waals surface area contributed by atoms with E-state index < -0.39 is 0 Å². The predicted molar refractivity (Wildman–Crippen MR) is 82.2 cm³/mol. The number of nitrogens with two attached hydrogens (primary N) is 1. The number of nitrogen functional groups attached to an aromatic ring is 1. The summed E-state index contributed by atoms with van der Waals surface area (Å²) in [4.78, 5) is 0. The molecule has 96 valence electrons. The van der Waals surface area contributed by atoms with Gasteiger partial charge in [0.15, 0.2) is 0 Å². The van der Waals surface area contributed by atoms with Gasteiger partial charge in [-0.05, 0) is 43.7 Å². The Morgan fingerprint density at radius 1 is 0.947 bits per heavy atom. The lowest BCUT2D eigenvalue weighted by Gasteiger charge is -2.15. The first-order chi connectivity index (χ1) is 9.16. The van der Waals surface area contributed by atoms with Crippen LogP contribution in [0, 0.1) is 0 Å². The van der Waals surface area contributed by atoms with Gasteiger partial charge < -0.3 is 10.3 Å². The molecule has 1 heterocycles. The van der Waals surface area contributed by atoms with Crippen LogP contribution in [0.1, 0.15) is 19.9 Å². The number of rotatable bonds is 2. The number of anilines is 1. The summed E-state index contributed by atoms with van der Waals surface area (Å²) in [5, 5.41) is 1.20. The molecular weight excluding hydrogens is 232 g/mol. The van der Waals surface area contributed by atoms with E-state index in [1.165, 1.54) is 22.2 Å². The predicted octanol–water partition coefficient (Wildman–Crippen LogP) is 4.47. The molecule has 0 atom stereocenters. The number of benzene rings is 2. The maximum absolute atomic E-state index is 5.89. The molecule has 2 aromatic carbocycles. The van der Waals surface area contributed by atoms with Crippen LogP contribution in [0.15, 0.2) is 54.6 Å². The normalized spacial score (nSPS) is 11.3. The van der Waals surface area contributed by atoms with E-state index in [0.717, 1.165) is 5.69 Å². The van der Waals surface area contributed by atoms with Crippen molar-refractivity contribution in [1.82, 2.24) is 4.57 Å². The summed E-state index contributed by atoms with van der Waals surface area (Å²) in [5.41, 5.74) is 10.4. The zero-order chi connectivity index (χ0) is 13.4. The van der Waals surface area contributed by atoms with Crippen molar-refractivity contribution in [3.8, 4) is 11.3 Å². The van der Waals surface area contributed by atoms with Crippen LogP contribution < -0.4 is 5.73 Å². The Labute approximate surface area is 113 Å². The van der Waals surface area contributed by atoms with Gasteiger partial charge in [0.1, 0.15) is 0 Å². The van der Waals surface area contributed by atoms with Crippen molar-refractivity contribution in [2.75, 3.05) is 5.73 Å². The smallest absolute Gasteiger partial charge is 0.0493 e. The fraction of sp³-hybridized carbons (Fsp3) is 0.176. The summed E-state index contributed by atoms with van der Waals surface area (Å²) in [6.45, 7) is 4.42. The van der Waals surface area contributed by atoms with Gasteiger partial charge >= 0.3 is 0 Å². The van der Waals surface area contributed by atoms with Gasteiger partial charge in [-0.15, -0.1) is 0 Å². The zero-order valence-corrected chi connectivity index (χ0v) is 11.3. The second-order valence-corrected chi connectivity index (χ2v) is 5.18. The quantitative estimate of drug-likeness (QED) is 0.668. The van der Waals surface area contributed by atoms with Gasteiger partial charge in [0.2, 0.25) is 0 Å². The average Bonchev–Trinajstić information content (AvgIpc) is 2.78. The Hall–Kier alpha value is -2.22. The number of fused-ring (bicyclic) bond motifs is 1. The largest absolute Gasteiger partial charge is 0.399 e. The monoisotopic (exact) mass is 250 g/mol. The molecule has 0 aliphatic carbocycles. The Kier molecular flexibility index (Phi) is 2.79. The number of hydrogen-bond acceptors (Lipinski definition) is 1. The highest BCUT2D eigenvalue weighted by Gasteiger charge is 2.12. The van der Waals surface area contributed by atoms with Crippen LogP contribution in [0.25, 0.3) is 22.2 Å². The molecular formula is C17H18N2. The van der Waals surface area contributed by atoms with Crippen molar-refractivity contribution in [3.05, 3.63) is 54.6 Å². The van der Waals surface area contributed by atoms with E-state index in [9.17, 15) is 0 Å². The third-order valence-corrected chi connectivity index (χ3v) is 3.45. The van der Waals surface area contributed by atoms with Crippen molar-refractivity contribution in [3.63, 3.8) is 0 Å². The summed E-state index contributed by atoms with van der Waals surface area (Å²) in [7, 11) is 0. The molecule has 2 heteroatoms. The molecule has 0 amide bonds. The Morgan fingerprint density at radius 3 is 2.37 bits per heavy atom. The van der Waals surface area contributed by atoms with E-state index >= 15 is 0 Å². The molecule has 0 saturated carbocycles. The molecule has 0 fully saturated rings. The number of hydrogen-bond donors (Lipinski definition) is 1. The van der Waals surface area contributed by atoms with E-state index in [4.69, 9.17) is 5.73 Å². The summed E-state index contributed by atoms with van der Waals surface area (Å²) >= 11 is 0. The third-order valence-electron chi connectivity index (χ3n) is 3.45. The minimum Gasteiger partial charge on any atom is -0.399 e. The number of nitrogens with zero attached hydrogens (tertiary/aromatic N) is 1. The van der Waals surface area contributed by atoms with Crippen molar-refractivity contribution in [1.29, 1.82) is 0 Å². The average molecular weight is 250 g/mol. The first-order valence-corrected chi connectivity index (χ1v) is 6.62. The number of aromatic nitrogens is 1. The van der Waals surface area contributed by atoms with Crippen molar-refractivity contribution >= 4 is 16.6 Å². The lowest BCUT2D eigenvalue weighted by atomic mass is 10.1. The molecule has 0 unspecified atom stereocenters. The summed E-state index contributed by atoms with van der Waals surface area (Å²) in [6, 6.07) is 19.3. The third kappa shape index (κ3) is 1.99. The van der Waals surface area contributed by atoms with Crippen LogP contribution in [0.3, 0.4) is 0 Å². The van der Waals surface area contributed by atoms with Gasteiger partial charge in [-0.1, -0.05) is 30.3 Å². The van der Waals surface area contributed by atoms with E-state index in [2.05, 4.69) is 54.8 Å². The second kappa shape index (κ2) is 4.47. The highest BCUT2D eigenvalue weighted by atomic mass is 15.0. The van der Waals surface area contributed by atoms with E-state index in [1.54, 1.807) is 0 Å². The van der Waals surface area contributed by atoms with Crippen LogP contribution in [0.4, 0.5) is 5.69 Å². The first-order valence-electron chi connectivity index (χ1n) is 6.62. The topological polar surface area (TPSA) is 30.9 Å². The summed E-state index contributed by atoms with van der Waals surface area (Å²) < 4.78 is 2.37. The van der Waals surface area contributed by atoms with Gasteiger partial charge in [-0.2, -0.15) is 0 Å². The van der Waals surface area contributed by atoms with Crippen LogP contribution in [-0.2, 0) is 0 Å². The first kappa shape index (κ1) is 11.8. The molecule has 0 spiro atoms. The maximum atomic E-state index is 5.89. The van der Waals surface area contributed by atoms with E-state index in [0.29, 0.717) is 6.04 Å². The van der Waals surface area contributed by atoms with Gasteiger partial charge in [-0.25, -0.2) is 0 Å². The second-order valence-electron chi connectivity index (χ2n) is 5.18. The molecule has 19 heavy (non-hydrogen) atoms. The molecule has 0 radical (unpaired) electrons. The molecule has 2 N–H and O–H groups in total. The lowest BCUT2D eigenvalue weighted by Crippen LogP contribution is -2.02. The fourth-order valence-electron chi connectivity index (χ4n) is 2.64.